The summed E-state index contributed by atoms with van der Waals surface area (Å²) in [6, 6.07) is 24.6. The third-order valence-corrected chi connectivity index (χ3v) is 7.11. The van der Waals surface area contributed by atoms with Crippen LogP contribution < -0.4 is 10.2 Å². The maximum atomic E-state index is 12.9. The number of nitrogens with one attached hydrogen (secondary N) is 2. The van der Waals surface area contributed by atoms with Gasteiger partial charge in [-0.05, 0) is 78.6 Å². The first-order chi connectivity index (χ1) is 19.0. The number of Topliss-reactive ketones (excluding diaryl/α,β-unsaturated/α-hetero) is 2. The zero-order valence-electron chi connectivity index (χ0n) is 21.6. The first-order valence-corrected chi connectivity index (χ1v) is 13.1. The van der Waals surface area contributed by atoms with E-state index in [1.807, 2.05) is 60.7 Å². The molecule has 0 unspecified atom stereocenters. The molecular weight excluding hydrogens is 488 g/mol. The number of hydrogen-bond acceptors (Lipinski definition) is 6. The molecule has 196 valence electrons. The lowest BCUT2D eigenvalue weighted by atomic mass is 10.00. The van der Waals surface area contributed by atoms with Crippen molar-refractivity contribution in [1.29, 1.82) is 5.26 Å². The zero-order chi connectivity index (χ0) is 27.2. The second-order valence-electron chi connectivity index (χ2n) is 9.88. The Bertz CT molecular complexity index is 1480. The smallest absolute Gasteiger partial charge is 0.168 e. The van der Waals surface area contributed by atoms with Crippen LogP contribution >= 0.6 is 0 Å². The van der Waals surface area contributed by atoms with Crippen LogP contribution in [0.4, 0.5) is 17.1 Å². The Hall–Kier alpha value is -4.67. The number of ketones is 2. The molecule has 1 aliphatic heterocycles. The number of nitrogens with zero attached hydrogens (tertiary/aromatic N) is 2. The van der Waals surface area contributed by atoms with Gasteiger partial charge in [0.1, 0.15) is 6.07 Å². The fourth-order valence-electron chi connectivity index (χ4n) is 4.82. The van der Waals surface area contributed by atoms with E-state index in [-0.39, 0.29) is 24.1 Å². The van der Waals surface area contributed by atoms with Crippen molar-refractivity contribution in [2.24, 2.45) is 0 Å². The number of aliphatic hydroxyl groups is 1. The summed E-state index contributed by atoms with van der Waals surface area (Å²) in [6.45, 7) is 1.62. The quantitative estimate of drug-likeness (QED) is 0.255. The number of carbonyl (C=O) groups is 2. The molecule has 0 bridgehead atoms. The predicted octanol–water partition coefficient (Wildman–Crippen LogP) is 5.44. The molecule has 1 saturated heterocycles. The molecule has 7 heteroatoms. The van der Waals surface area contributed by atoms with Crippen LogP contribution in [0.3, 0.4) is 0 Å². The molecule has 0 aliphatic carbocycles. The number of nitriles is 1. The average Bonchev–Trinajstić information content (AvgIpc) is 3.51. The number of piperidine rings is 1. The van der Waals surface area contributed by atoms with Crippen LogP contribution in [-0.4, -0.2) is 40.9 Å². The normalized spacial score (nSPS) is 13.6. The lowest BCUT2D eigenvalue weighted by Crippen LogP contribution is -2.35. The van der Waals surface area contributed by atoms with Crippen LogP contribution in [0.25, 0.3) is 0 Å². The molecule has 39 heavy (non-hydrogen) atoms. The first kappa shape index (κ1) is 26.0. The SMILES string of the molecule is N#Cc1cc(CC(=O)c2ccc(N3CCC(O)CC3)cc2)ccc1Nc1ccc(CC(=O)c2cc[nH]c2)cc1. The Morgan fingerprint density at radius 2 is 1.56 bits per heavy atom. The van der Waals surface area contributed by atoms with E-state index in [1.54, 1.807) is 24.5 Å². The minimum Gasteiger partial charge on any atom is -0.393 e. The first-order valence-electron chi connectivity index (χ1n) is 13.1. The summed E-state index contributed by atoms with van der Waals surface area (Å²) >= 11 is 0. The number of anilines is 3. The largest absolute Gasteiger partial charge is 0.393 e. The second-order valence-corrected chi connectivity index (χ2v) is 9.88. The van der Waals surface area contributed by atoms with Gasteiger partial charge in [0.15, 0.2) is 11.6 Å². The summed E-state index contributed by atoms with van der Waals surface area (Å²) in [5.74, 6) is 0.0394. The van der Waals surface area contributed by atoms with Gasteiger partial charge in [0, 0.05) is 60.8 Å². The van der Waals surface area contributed by atoms with Crippen molar-refractivity contribution >= 4 is 28.6 Å². The van der Waals surface area contributed by atoms with Crippen LogP contribution in [0.1, 0.15) is 50.2 Å². The van der Waals surface area contributed by atoms with E-state index in [4.69, 9.17) is 0 Å². The van der Waals surface area contributed by atoms with E-state index in [2.05, 4.69) is 21.3 Å². The lowest BCUT2D eigenvalue weighted by Gasteiger charge is -2.31. The van der Waals surface area contributed by atoms with Crippen LogP contribution in [0.5, 0.6) is 0 Å². The van der Waals surface area contributed by atoms with Crippen molar-refractivity contribution in [1.82, 2.24) is 4.98 Å². The van der Waals surface area contributed by atoms with E-state index in [0.717, 1.165) is 48.4 Å². The molecule has 1 fully saturated rings. The third-order valence-electron chi connectivity index (χ3n) is 7.11. The van der Waals surface area contributed by atoms with Gasteiger partial charge in [-0.2, -0.15) is 5.26 Å². The summed E-state index contributed by atoms with van der Waals surface area (Å²) < 4.78 is 0. The molecule has 1 aromatic heterocycles. The van der Waals surface area contributed by atoms with E-state index in [1.165, 1.54) is 0 Å². The zero-order valence-corrected chi connectivity index (χ0v) is 21.6. The van der Waals surface area contributed by atoms with E-state index in [0.29, 0.717) is 28.8 Å². The lowest BCUT2D eigenvalue weighted by molar-refractivity contribution is 0.0985. The average molecular weight is 519 g/mol. The summed E-state index contributed by atoms with van der Waals surface area (Å²) in [5.41, 5.74) is 5.93. The van der Waals surface area contributed by atoms with E-state index < -0.39 is 0 Å². The minimum atomic E-state index is -0.222. The third kappa shape index (κ3) is 6.43. The fourth-order valence-corrected chi connectivity index (χ4v) is 4.82. The van der Waals surface area contributed by atoms with Gasteiger partial charge in [0.05, 0.1) is 17.4 Å². The monoisotopic (exact) mass is 518 g/mol. The topological polar surface area (TPSA) is 109 Å². The molecule has 0 atom stereocenters. The molecular formula is C32H30N4O3. The maximum absolute atomic E-state index is 12.9. The molecule has 0 amide bonds. The van der Waals surface area contributed by atoms with Gasteiger partial charge in [0.25, 0.3) is 0 Å². The van der Waals surface area contributed by atoms with Crippen molar-refractivity contribution in [2.75, 3.05) is 23.3 Å². The highest BCUT2D eigenvalue weighted by molar-refractivity contribution is 5.98. The van der Waals surface area contributed by atoms with Crippen LogP contribution in [0.15, 0.2) is 85.2 Å². The minimum absolute atomic E-state index is 0.00927. The number of carbonyl (C=O) groups excluding carboxylic acids is 2. The molecule has 0 spiro atoms. The predicted molar refractivity (Wildman–Crippen MR) is 152 cm³/mol. The summed E-state index contributed by atoms with van der Waals surface area (Å²) in [6.07, 6.45) is 5.23. The van der Waals surface area contributed by atoms with Gasteiger partial charge in [-0.25, -0.2) is 0 Å². The van der Waals surface area contributed by atoms with Crippen molar-refractivity contribution < 1.29 is 14.7 Å². The molecule has 7 nitrogen and oxygen atoms in total. The summed E-state index contributed by atoms with van der Waals surface area (Å²) in [4.78, 5) is 30.4. The van der Waals surface area contributed by atoms with Gasteiger partial charge in [0.2, 0.25) is 0 Å². The molecule has 0 radical (unpaired) electrons. The van der Waals surface area contributed by atoms with Crippen molar-refractivity contribution in [3.05, 3.63) is 113 Å². The Balaban J connectivity index is 1.20. The highest BCUT2D eigenvalue weighted by Crippen LogP contribution is 2.24. The maximum Gasteiger partial charge on any atom is 0.168 e. The van der Waals surface area contributed by atoms with Gasteiger partial charge in [-0.3, -0.25) is 9.59 Å². The van der Waals surface area contributed by atoms with Gasteiger partial charge < -0.3 is 20.3 Å². The van der Waals surface area contributed by atoms with E-state index in [9.17, 15) is 20.0 Å². The number of rotatable bonds is 9. The highest BCUT2D eigenvalue weighted by Gasteiger charge is 2.18. The molecule has 5 rings (SSSR count). The Kier molecular flexibility index (Phi) is 7.86. The molecule has 3 aromatic carbocycles. The summed E-state index contributed by atoms with van der Waals surface area (Å²) in [7, 11) is 0. The second kappa shape index (κ2) is 11.8. The van der Waals surface area contributed by atoms with Crippen LogP contribution in [-0.2, 0) is 12.8 Å². The Labute approximate surface area is 227 Å². The number of hydrogen-bond donors (Lipinski definition) is 3. The highest BCUT2D eigenvalue weighted by atomic mass is 16.3. The fraction of sp³-hybridized carbons (Fsp3) is 0.219. The van der Waals surface area contributed by atoms with Crippen molar-refractivity contribution in [3.8, 4) is 6.07 Å². The Morgan fingerprint density at radius 3 is 2.23 bits per heavy atom. The van der Waals surface area contributed by atoms with Gasteiger partial charge in [-0.1, -0.05) is 18.2 Å². The standard InChI is InChI=1S/C32H30N4O3/c33-20-26-17-23(19-31(38)24-4-8-28(9-5-24)36-15-12-29(37)13-16-36)3-10-30(26)35-27-6-1-22(2-7-27)18-32(39)25-11-14-34-21-25/h1-11,14,17,21,29,34-35,37H,12-13,15-16,18-19H2. The molecule has 4 aromatic rings. The van der Waals surface area contributed by atoms with E-state index >= 15 is 0 Å². The number of aromatic amines is 1. The van der Waals surface area contributed by atoms with Crippen LogP contribution in [0.2, 0.25) is 0 Å². The van der Waals surface area contributed by atoms with Crippen molar-refractivity contribution in [3.63, 3.8) is 0 Å². The molecule has 2 heterocycles. The summed E-state index contributed by atoms with van der Waals surface area (Å²) in [5, 5.41) is 22.7. The molecule has 3 N–H and O–H groups in total. The molecule has 1 aliphatic rings. The van der Waals surface area contributed by atoms with Gasteiger partial charge >= 0.3 is 0 Å². The number of benzene rings is 3. The van der Waals surface area contributed by atoms with Gasteiger partial charge in [-0.15, -0.1) is 0 Å². The Morgan fingerprint density at radius 1 is 0.897 bits per heavy atom. The van der Waals surface area contributed by atoms with Crippen LogP contribution in [0, 0.1) is 11.3 Å². The number of H-pyrrole nitrogens is 1. The van der Waals surface area contributed by atoms with Crippen molar-refractivity contribution in [2.45, 2.75) is 31.8 Å². The number of aliphatic hydroxyl groups excluding tert-OH is 1. The number of aromatic nitrogens is 1. The molecule has 0 saturated carbocycles.